The molecule has 1 aliphatic heterocycles. The molecule has 0 aliphatic carbocycles. The third kappa shape index (κ3) is 3.79. The maximum absolute atomic E-state index is 13.0. The maximum Gasteiger partial charge on any atom is 0.242 e. The molecule has 4 nitrogen and oxygen atoms in total. The topological polar surface area (TPSA) is 45.6 Å². The van der Waals surface area contributed by atoms with E-state index in [1.165, 1.54) is 11.1 Å². The molecule has 1 amide bonds. The number of hydrogen-bond donors (Lipinski definition) is 0. The van der Waals surface area contributed by atoms with E-state index < -0.39 is 0 Å². The number of fused-ring (bicyclic) bond motifs is 1. The average Bonchev–Trinajstić information content (AvgIpc) is 3.28. The summed E-state index contributed by atoms with van der Waals surface area (Å²) in [6.07, 6.45) is 1.08. The molecule has 34 heavy (non-hydrogen) atoms. The largest absolute Gasteiger partial charge is 0.273 e. The van der Waals surface area contributed by atoms with Crippen LogP contribution in [-0.4, -0.2) is 21.6 Å². The zero-order valence-corrected chi connectivity index (χ0v) is 20.2. The number of hydrazone groups is 1. The first kappa shape index (κ1) is 22.0. The van der Waals surface area contributed by atoms with Crippen molar-refractivity contribution in [3.05, 3.63) is 101 Å². The van der Waals surface area contributed by atoms with Crippen molar-refractivity contribution in [1.29, 1.82) is 0 Å². The lowest BCUT2D eigenvalue weighted by Gasteiger charge is -2.23. The fourth-order valence-electron chi connectivity index (χ4n) is 5.01. The number of carbonyl (C=O) groups is 1. The van der Waals surface area contributed by atoms with E-state index >= 15 is 0 Å². The molecule has 2 heterocycles. The maximum atomic E-state index is 13.0. The molecule has 0 radical (unpaired) electrons. The van der Waals surface area contributed by atoms with Crippen molar-refractivity contribution in [2.75, 3.05) is 0 Å². The Labute approximate surface area is 201 Å². The van der Waals surface area contributed by atoms with Crippen molar-refractivity contribution in [2.45, 2.75) is 46.6 Å². The summed E-state index contributed by atoms with van der Waals surface area (Å²) in [6, 6.07) is 25.0. The Kier molecular flexibility index (Phi) is 5.74. The summed E-state index contributed by atoms with van der Waals surface area (Å²) in [5, 5.41) is 7.78. The number of pyridine rings is 1. The van der Waals surface area contributed by atoms with Gasteiger partial charge in [0.2, 0.25) is 5.91 Å². The summed E-state index contributed by atoms with van der Waals surface area (Å²) in [4.78, 5) is 18.0. The molecule has 5 rings (SSSR count). The zero-order valence-electron chi connectivity index (χ0n) is 20.2. The Morgan fingerprint density at radius 3 is 2.41 bits per heavy atom. The molecule has 1 aromatic heterocycles. The quantitative estimate of drug-likeness (QED) is 0.341. The summed E-state index contributed by atoms with van der Waals surface area (Å²) in [5.41, 5.74) is 9.64. The smallest absolute Gasteiger partial charge is 0.242 e. The standard InChI is InChI=1S/C30H29N3O/c1-5-28(34)33-27(23-14-10-9-11-20(23)3)18-26(32-33)29-21(4)31-25-16-15-19(2)17-24(25)30(29)22-12-7-6-8-13-22/h6-17,27H,5,18H2,1-4H3. The van der Waals surface area contributed by atoms with Gasteiger partial charge in [-0.25, -0.2) is 5.01 Å². The van der Waals surface area contributed by atoms with Crippen molar-refractivity contribution < 1.29 is 4.79 Å². The Bertz CT molecular complexity index is 1420. The first-order chi connectivity index (χ1) is 16.5. The second-order valence-electron chi connectivity index (χ2n) is 9.05. The molecular weight excluding hydrogens is 418 g/mol. The monoisotopic (exact) mass is 447 g/mol. The minimum absolute atomic E-state index is 0.0340. The van der Waals surface area contributed by atoms with E-state index in [4.69, 9.17) is 10.1 Å². The number of aryl methyl sites for hydroxylation is 3. The number of carbonyl (C=O) groups excluding carboxylic acids is 1. The van der Waals surface area contributed by atoms with E-state index in [0.717, 1.165) is 44.6 Å². The second-order valence-corrected chi connectivity index (χ2v) is 9.05. The van der Waals surface area contributed by atoms with Gasteiger partial charge >= 0.3 is 0 Å². The Hall–Kier alpha value is -3.79. The van der Waals surface area contributed by atoms with E-state index in [-0.39, 0.29) is 11.9 Å². The number of amides is 1. The SMILES string of the molecule is CCC(=O)N1N=C(c2c(C)nc3ccc(C)cc3c2-c2ccccc2)CC1c1ccccc1C. The van der Waals surface area contributed by atoms with Crippen LogP contribution >= 0.6 is 0 Å². The van der Waals surface area contributed by atoms with Gasteiger partial charge in [-0.3, -0.25) is 9.78 Å². The van der Waals surface area contributed by atoms with Gasteiger partial charge in [0.1, 0.15) is 0 Å². The zero-order chi connectivity index (χ0) is 23.8. The Balaban J connectivity index is 1.75. The van der Waals surface area contributed by atoms with Gasteiger partial charge in [0.05, 0.1) is 17.3 Å². The van der Waals surface area contributed by atoms with Gasteiger partial charge in [0.25, 0.3) is 0 Å². The van der Waals surface area contributed by atoms with Crippen LogP contribution in [0.5, 0.6) is 0 Å². The molecule has 0 saturated heterocycles. The second kappa shape index (κ2) is 8.86. The van der Waals surface area contributed by atoms with Gasteiger partial charge < -0.3 is 0 Å². The first-order valence-electron chi connectivity index (χ1n) is 11.9. The number of nitrogens with zero attached hydrogens (tertiary/aromatic N) is 3. The normalized spacial score (nSPS) is 15.6. The van der Waals surface area contributed by atoms with Gasteiger partial charge in [0, 0.05) is 35.0 Å². The highest BCUT2D eigenvalue weighted by atomic mass is 16.2. The molecule has 170 valence electrons. The minimum Gasteiger partial charge on any atom is -0.273 e. The van der Waals surface area contributed by atoms with E-state index in [9.17, 15) is 4.79 Å². The van der Waals surface area contributed by atoms with Crippen LogP contribution in [0.25, 0.3) is 22.0 Å². The summed E-state index contributed by atoms with van der Waals surface area (Å²) < 4.78 is 0. The van der Waals surface area contributed by atoms with Crippen LogP contribution in [0.4, 0.5) is 0 Å². The van der Waals surface area contributed by atoms with Crippen LogP contribution in [0, 0.1) is 20.8 Å². The Morgan fingerprint density at radius 1 is 0.941 bits per heavy atom. The lowest BCUT2D eigenvalue weighted by molar-refractivity contribution is -0.132. The van der Waals surface area contributed by atoms with Crippen molar-refractivity contribution in [3.63, 3.8) is 0 Å². The van der Waals surface area contributed by atoms with Crippen LogP contribution in [0.1, 0.15) is 53.8 Å². The van der Waals surface area contributed by atoms with E-state index in [0.29, 0.717) is 12.8 Å². The summed E-state index contributed by atoms with van der Waals surface area (Å²) in [7, 11) is 0. The molecule has 0 saturated carbocycles. The Morgan fingerprint density at radius 2 is 1.68 bits per heavy atom. The predicted molar refractivity (Wildman–Crippen MR) is 139 cm³/mol. The number of rotatable bonds is 4. The van der Waals surface area contributed by atoms with E-state index in [1.807, 2.05) is 25.1 Å². The molecule has 3 aromatic carbocycles. The van der Waals surface area contributed by atoms with Gasteiger partial charge in [0.15, 0.2) is 0 Å². The molecule has 0 spiro atoms. The molecule has 1 aliphatic rings. The van der Waals surface area contributed by atoms with Crippen LogP contribution < -0.4 is 0 Å². The highest BCUT2D eigenvalue weighted by Crippen LogP contribution is 2.40. The van der Waals surface area contributed by atoms with Crippen LogP contribution in [0.2, 0.25) is 0 Å². The lowest BCUT2D eigenvalue weighted by atomic mass is 9.88. The molecular formula is C30H29N3O. The molecule has 0 fully saturated rings. The molecule has 1 atom stereocenters. The number of hydrogen-bond acceptors (Lipinski definition) is 3. The first-order valence-corrected chi connectivity index (χ1v) is 11.9. The van der Waals surface area contributed by atoms with Gasteiger partial charge in [-0.1, -0.05) is 73.2 Å². The van der Waals surface area contributed by atoms with Crippen LogP contribution in [0.15, 0.2) is 77.9 Å². The van der Waals surface area contributed by atoms with Crippen molar-refractivity contribution in [3.8, 4) is 11.1 Å². The highest BCUT2D eigenvalue weighted by molar-refractivity contribution is 6.14. The predicted octanol–water partition coefficient (Wildman–Crippen LogP) is 6.91. The fraction of sp³-hybridized carbons (Fsp3) is 0.233. The molecule has 0 bridgehead atoms. The highest BCUT2D eigenvalue weighted by Gasteiger charge is 2.35. The van der Waals surface area contributed by atoms with Gasteiger partial charge in [-0.05, 0) is 49.6 Å². The third-order valence-electron chi connectivity index (χ3n) is 6.69. The van der Waals surface area contributed by atoms with Crippen molar-refractivity contribution >= 4 is 22.5 Å². The van der Waals surface area contributed by atoms with Crippen molar-refractivity contribution in [2.24, 2.45) is 5.10 Å². The molecule has 4 heteroatoms. The molecule has 0 N–H and O–H groups in total. The average molecular weight is 448 g/mol. The van der Waals surface area contributed by atoms with E-state index in [1.54, 1.807) is 5.01 Å². The number of aromatic nitrogens is 1. The fourth-order valence-corrected chi connectivity index (χ4v) is 5.01. The summed E-state index contributed by atoms with van der Waals surface area (Å²) in [5.74, 6) is 0.0340. The van der Waals surface area contributed by atoms with Crippen LogP contribution in [0.3, 0.4) is 0 Å². The third-order valence-corrected chi connectivity index (χ3v) is 6.69. The van der Waals surface area contributed by atoms with Gasteiger partial charge in [-0.2, -0.15) is 5.10 Å². The van der Waals surface area contributed by atoms with Crippen LogP contribution in [-0.2, 0) is 4.79 Å². The number of benzene rings is 3. The summed E-state index contributed by atoms with van der Waals surface area (Å²) >= 11 is 0. The molecule has 4 aromatic rings. The summed E-state index contributed by atoms with van der Waals surface area (Å²) in [6.45, 7) is 8.15. The lowest BCUT2D eigenvalue weighted by Crippen LogP contribution is -2.26. The van der Waals surface area contributed by atoms with Crippen molar-refractivity contribution in [1.82, 2.24) is 9.99 Å². The van der Waals surface area contributed by atoms with Gasteiger partial charge in [-0.15, -0.1) is 0 Å². The van der Waals surface area contributed by atoms with E-state index in [2.05, 4.69) is 75.4 Å². The minimum atomic E-state index is -0.111. The molecule has 1 unspecified atom stereocenters.